The topological polar surface area (TPSA) is 150 Å². The van der Waals surface area contributed by atoms with Gasteiger partial charge in [0.25, 0.3) is 5.91 Å². The fraction of sp³-hybridized carbons (Fsp3) is 0.276. The minimum Gasteiger partial charge on any atom is -0.497 e. The second-order valence-corrected chi connectivity index (χ2v) is 10.2. The van der Waals surface area contributed by atoms with Crippen LogP contribution in [0.25, 0.3) is 5.70 Å². The van der Waals surface area contributed by atoms with E-state index in [1.165, 1.54) is 43.5 Å². The third-order valence-corrected chi connectivity index (χ3v) is 7.35. The van der Waals surface area contributed by atoms with Gasteiger partial charge in [0.2, 0.25) is 5.91 Å². The average Bonchev–Trinajstić information content (AvgIpc) is 3.35. The fourth-order valence-corrected chi connectivity index (χ4v) is 4.99. The first kappa shape index (κ1) is 29.7. The van der Waals surface area contributed by atoms with Gasteiger partial charge in [-0.25, -0.2) is 14.4 Å². The Balaban J connectivity index is 1.28. The summed E-state index contributed by atoms with van der Waals surface area (Å²) in [4.78, 5) is 40.6. The highest BCUT2D eigenvalue weighted by atomic mass is 35.5. The van der Waals surface area contributed by atoms with E-state index in [9.17, 15) is 19.1 Å². The first-order valence-corrected chi connectivity index (χ1v) is 13.6. The van der Waals surface area contributed by atoms with Crippen molar-refractivity contribution in [2.75, 3.05) is 26.1 Å². The van der Waals surface area contributed by atoms with Crippen LogP contribution >= 0.6 is 11.6 Å². The van der Waals surface area contributed by atoms with Gasteiger partial charge in [-0.2, -0.15) is 4.98 Å². The number of allylic oxidation sites excluding steroid dienone is 1. The van der Waals surface area contributed by atoms with Gasteiger partial charge in [-0.15, -0.1) is 0 Å². The number of rotatable bonds is 10. The highest BCUT2D eigenvalue weighted by Gasteiger charge is 2.35. The van der Waals surface area contributed by atoms with Crippen LogP contribution in [0, 0.1) is 5.82 Å². The Labute approximate surface area is 251 Å². The first-order chi connectivity index (χ1) is 20.7. The molecule has 12 nitrogen and oxygen atoms in total. The van der Waals surface area contributed by atoms with E-state index in [4.69, 9.17) is 21.1 Å². The predicted molar refractivity (Wildman–Crippen MR) is 157 cm³/mol. The molecule has 5 rings (SSSR count). The van der Waals surface area contributed by atoms with E-state index < -0.39 is 36.7 Å². The van der Waals surface area contributed by atoms with Crippen LogP contribution in [0.5, 0.6) is 11.8 Å². The molecule has 3 aromatic rings. The molecule has 1 unspecified atom stereocenters. The maximum Gasteiger partial charge on any atom is 0.318 e. The number of carbonyl (C=O) groups excluding carboxylic acids is 2. The Kier molecular flexibility index (Phi) is 8.73. The number of nitrogens with zero attached hydrogens (tertiary/aromatic N) is 4. The van der Waals surface area contributed by atoms with Crippen molar-refractivity contribution in [1.82, 2.24) is 25.5 Å². The Morgan fingerprint density at radius 2 is 2.05 bits per heavy atom. The summed E-state index contributed by atoms with van der Waals surface area (Å²) in [5.41, 5.74) is 2.70. The molecule has 2 aliphatic rings. The van der Waals surface area contributed by atoms with Crippen molar-refractivity contribution in [2.24, 2.45) is 4.99 Å². The molecular formula is C29H29ClFN7O5. The van der Waals surface area contributed by atoms with Crippen LogP contribution in [-0.2, 0) is 11.3 Å². The van der Waals surface area contributed by atoms with Crippen molar-refractivity contribution in [3.8, 4) is 11.8 Å². The second-order valence-electron chi connectivity index (χ2n) is 9.77. The summed E-state index contributed by atoms with van der Waals surface area (Å²) in [6.45, 7) is 1.33. The lowest BCUT2D eigenvalue weighted by Crippen LogP contribution is -2.46. The summed E-state index contributed by atoms with van der Waals surface area (Å²) in [7, 11) is 2.86. The number of fused-ring (bicyclic) bond motifs is 1. The maximum absolute atomic E-state index is 14.0. The number of hydrogen-bond donors (Lipinski definition) is 4. The summed E-state index contributed by atoms with van der Waals surface area (Å²) in [6.07, 6.45) is 2.44. The molecule has 0 spiro atoms. The maximum atomic E-state index is 14.0. The van der Waals surface area contributed by atoms with Crippen LogP contribution in [0.2, 0.25) is 0 Å². The molecule has 0 radical (unpaired) electrons. The first-order valence-electron chi connectivity index (χ1n) is 13.2. The van der Waals surface area contributed by atoms with Crippen LogP contribution in [0.1, 0.15) is 40.0 Å². The van der Waals surface area contributed by atoms with E-state index in [1.54, 1.807) is 25.3 Å². The molecule has 0 saturated heterocycles. The second kappa shape index (κ2) is 12.6. The molecule has 0 bridgehead atoms. The van der Waals surface area contributed by atoms with Crippen LogP contribution in [0.3, 0.4) is 0 Å². The van der Waals surface area contributed by atoms with Gasteiger partial charge in [0.1, 0.15) is 23.4 Å². The number of methoxy groups -OCH3 is 2. The van der Waals surface area contributed by atoms with Crippen molar-refractivity contribution in [2.45, 2.75) is 31.8 Å². The summed E-state index contributed by atoms with van der Waals surface area (Å²) < 4.78 is 24.2. The predicted octanol–water partition coefficient (Wildman–Crippen LogP) is 2.80. The number of halogens is 2. The number of benzene rings is 2. The molecule has 3 heterocycles. The van der Waals surface area contributed by atoms with Crippen molar-refractivity contribution >= 4 is 41.1 Å². The van der Waals surface area contributed by atoms with E-state index in [-0.39, 0.29) is 24.2 Å². The number of hydrogen-bond acceptors (Lipinski definition) is 10. The average molecular weight is 610 g/mol. The lowest BCUT2D eigenvalue weighted by molar-refractivity contribution is -0.126. The molecule has 0 fully saturated rings. The number of aromatic nitrogens is 2. The zero-order valence-corrected chi connectivity index (χ0v) is 24.2. The largest absolute Gasteiger partial charge is 0.497 e. The van der Waals surface area contributed by atoms with E-state index in [0.717, 1.165) is 5.56 Å². The number of carbonyl (C=O) groups is 2. The highest BCUT2D eigenvalue weighted by Crippen LogP contribution is 2.30. The number of ether oxygens (including phenoxy) is 2. The van der Waals surface area contributed by atoms with Gasteiger partial charge >= 0.3 is 6.01 Å². The molecule has 3 atom stereocenters. The van der Waals surface area contributed by atoms with Gasteiger partial charge in [0.05, 0.1) is 37.6 Å². The van der Waals surface area contributed by atoms with Crippen molar-refractivity contribution < 1.29 is 28.6 Å². The minimum absolute atomic E-state index is 0.198. The van der Waals surface area contributed by atoms with Crippen LogP contribution < -0.4 is 25.4 Å². The smallest absolute Gasteiger partial charge is 0.318 e. The van der Waals surface area contributed by atoms with Gasteiger partial charge in [0.15, 0.2) is 6.29 Å². The number of nitrogens with one attached hydrogen (secondary N) is 3. The Hall–Kier alpha value is -4.75. The Morgan fingerprint density at radius 3 is 2.79 bits per heavy atom. The SMILES string of the molecule is COc1cc(F)cc([C@@H](CO)NC(=O)[C@@H](C)N2Cc3ccc(C4=C(Cl)C=NC(Nc5ccnc(OC)n5)N4)cc3C2=O)c1. The summed E-state index contributed by atoms with van der Waals surface area (Å²) in [5, 5.41) is 19.3. The standard InChI is InChI=1S/C29H29ClFN7O5/c1-15(26(40)34-23(14-39)18-8-19(31)11-20(9-18)42-2)38-13-17-5-4-16(10-21(17)27(38)41)25-22(30)12-33-28(37-25)35-24-6-7-32-29(36-24)43-3/h4-12,15,23,28,37,39H,13-14H2,1-3H3,(H,34,40)(H,32,35,36)/t15-,23-,28?/m1/s1. The zero-order valence-electron chi connectivity index (χ0n) is 23.5. The van der Waals surface area contributed by atoms with Crippen LogP contribution in [0.4, 0.5) is 10.2 Å². The van der Waals surface area contributed by atoms with Gasteiger partial charge < -0.3 is 35.4 Å². The third kappa shape index (κ3) is 6.37. The molecule has 43 heavy (non-hydrogen) atoms. The molecule has 2 amide bonds. The minimum atomic E-state index is -0.899. The molecule has 224 valence electrons. The van der Waals surface area contributed by atoms with E-state index in [0.29, 0.717) is 33.2 Å². The van der Waals surface area contributed by atoms with Crippen molar-refractivity contribution in [3.05, 3.63) is 81.8 Å². The Morgan fingerprint density at radius 1 is 1.23 bits per heavy atom. The number of aliphatic hydroxyl groups excluding tert-OH is 1. The van der Waals surface area contributed by atoms with Crippen LogP contribution in [-0.4, -0.2) is 71.2 Å². The lowest BCUT2D eigenvalue weighted by atomic mass is 10.0. The van der Waals surface area contributed by atoms with Crippen molar-refractivity contribution in [3.63, 3.8) is 0 Å². The lowest BCUT2D eigenvalue weighted by Gasteiger charge is -2.26. The molecular weight excluding hydrogens is 581 g/mol. The van der Waals surface area contributed by atoms with Crippen LogP contribution in [0.15, 0.2) is 58.7 Å². The third-order valence-electron chi connectivity index (χ3n) is 7.07. The van der Waals surface area contributed by atoms with Gasteiger partial charge in [-0.05, 0) is 42.3 Å². The molecule has 2 aliphatic heterocycles. The molecule has 4 N–H and O–H groups in total. The molecule has 0 saturated carbocycles. The highest BCUT2D eigenvalue weighted by molar-refractivity contribution is 6.42. The normalized spacial score (nSPS) is 17.2. The monoisotopic (exact) mass is 609 g/mol. The Bertz CT molecular complexity index is 1620. The quantitative estimate of drug-likeness (QED) is 0.272. The molecule has 2 aromatic carbocycles. The number of aliphatic hydroxyl groups is 1. The molecule has 14 heteroatoms. The zero-order chi connectivity index (χ0) is 30.7. The number of anilines is 1. The molecule has 0 aliphatic carbocycles. The number of amides is 2. The summed E-state index contributed by atoms with van der Waals surface area (Å²) in [5.74, 6) is -0.680. The summed E-state index contributed by atoms with van der Waals surface area (Å²) in [6, 6.07) is 9.37. The van der Waals surface area contributed by atoms with E-state index in [1.807, 2.05) is 12.1 Å². The van der Waals surface area contributed by atoms with Gasteiger partial charge in [-0.3, -0.25) is 9.59 Å². The molecule has 1 aromatic heterocycles. The van der Waals surface area contributed by atoms with Gasteiger partial charge in [0, 0.05) is 36.1 Å². The fourth-order valence-electron chi connectivity index (χ4n) is 4.77. The van der Waals surface area contributed by atoms with E-state index in [2.05, 4.69) is 30.9 Å². The number of aliphatic imine (C=N–C) groups is 1. The summed E-state index contributed by atoms with van der Waals surface area (Å²) >= 11 is 6.48. The van der Waals surface area contributed by atoms with Crippen molar-refractivity contribution in [1.29, 1.82) is 0 Å². The van der Waals surface area contributed by atoms with Gasteiger partial charge in [-0.1, -0.05) is 23.7 Å². The van der Waals surface area contributed by atoms with E-state index >= 15 is 0 Å².